The lowest BCUT2D eigenvalue weighted by atomic mass is 9.98. The summed E-state index contributed by atoms with van der Waals surface area (Å²) in [7, 11) is 0. The molecule has 2 aromatic rings. The highest BCUT2D eigenvalue weighted by Crippen LogP contribution is 2.58. The lowest BCUT2D eigenvalue weighted by Gasteiger charge is -2.07. The van der Waals surface area contributed by atoms with Gasteiger partial charge in [-0.15, -0.1) is 0 Å². The second-order valence-electron chi connectivity index (χ2n) is 7.53. The summed E-state index contributed by atoms with van der Waals surface area (Å²) in [6, 6.07) is 16.5. The third kappa shape index (κ3) is 3.65. The van der Waals surface area contributed by atoms with E-state index in [9.17, 15) is 4.79 Å². The Kier molecular flexibility index (Phi) is 5.13. The van der Waals surface area contributed by atoms with Crippen molar-refractivity contribution >= 4 is 18.1 Å². The van der Waals surface area contributed by atoms with Crippen molar-refractivity contribution in [3.63, 3.8) is 0 Å². The van der Waals surface area contributed by atoms with Crippen LogP contribution < -0.4 is 0 Å². The summed E-state index contributed by atoms with van der Waals surface area (Å²) in [6.45, 7) is 10.4. The molecule has 0 amide bonds. The molecule has 0 spiro atoms. The molecule has 1 aliphatic rings. The van der Waals surface area contributed by atoms with Gasteiger partial charge in [0.2, 0.25) is 0 Å². The number of rotatable bonds is 6. The van der Waals surface area contributed by atoms with E-state index in [0.717, 1.165) is 22.3 Å². The average Bonchev–Trinajstić information content (AvgIpc) is 3.16. The summed E-state index contributed by atoms with van der Waals surface area (Å²) in [5.74, 6) is 0.352. The topological polar surface area (TPSA) is 26.3 Å². The molecule has 1 aliphatic carbocycles. The van der Waals surface area contributed by atoms with Gasteiger partial charge in [-0.3, -0.25) is 4.79 Å². The first-order valence-corrected chi connectivity index (χ1v) is 9.10. The lowest BCUT2D eigenvalue weighted by molar-refractivity contribution is -0.145. The maximum Gasteiger partial charge on any atom is 0.310 e. The third-order valence-electron chi connectivity index (χ3n) is 5.66. The standard InChI is InChI=1S/C24H26O2/c1-5-18-12-14-20(15-13-18)21-11-7-6-9-19(21)10-8-16-26-23(25)22-17(2)24(22,3)4/h5-15,17,22H,1,16H2,2-4H3/b10-8+. The van der Waals surface area contributed by atoms with E-state index in [4.69, 9.17) is 4.74 Å². The molecule has 2 heteroatoms. The van der Waals surface area contributed by atoms with Gasteiger partial charge in [0.05, 0.1) is 5.92 Å². The Labute approximate surface area is 156 Å². The second kappa shape index (κ2) is 7.33. The zero-order valence-electron chi connectivity index (χ0n) is 15.7. The Balaban J connectivity index is 1.65. The predicted octanol–water partition coefficient (Wildman–Crippen LogP) is 5.85. The van der Waals surface area contributed by atoms with Crippen LogP contribution in [0.4, 0.5) is 0 Å². The molecule has 2 atom stereocenters. The van der Waals surface area contributed by atoms with Crippen LogP contribution in [-0.2, 0) is 9.53 Å². The molecule has 0 bridgehead atoms. The highest BCUT2D eigenvalue weighted by atomic mass is 16.5. The van der Waals surface area contributed by atoms with Crippen molar-refractivity contribution in [2.75, 3.05) is 6.61 Å². The van der Waals surface area contributed by atoms with Gasteiger partial charge in [0.15, 0.2) is 0 Å². The molecule has 26 heavy (non-hydrogen) atoms. The molecule has 0 radical (unpaired) electrons. The number of carbonyl (C=O) groups is 1. The van der Waals surface area contributed by atoms with E-state index in [0.29, 0.717) is 12.5 Å². The Morgan fingerprint density at radius 1 is 1.15 bits per heavy atom. The third-order valence-corrected chi connectivity index (χ3v) is 5.66. The van der Waals surface area contributed by atoms with Crippen LogP contribution in [0.1, 0.15) is 31.9 Å². The minimum atomic E-state index is -0.0829. The minimum absolute atomic E-state index is 0.0339. The normalized spacial score (nSPS) is 20.7. The van der Waals surface area contributed by atoms with Gasteiger partial charge >= 0.3 is 5.97 Å². The Morgan fingerprint density at radius 2 is 1.81 bits per heavy atom. The molecule has 0 aromatic heterocycles. The molecule has 0 aliphatic heterocycles. The lowest BCUT2D eigenvalue weighted by Crippen LogP contribution is -2.10. The molecule has 1 saturated carbocycles. The fraction of sp³-hybridized carbons (Fsp3) is 0.292. The van der Waals surface area contributed by atoms with Crippen LogP contribution in [0.25, 0.3) is 23.3 Å². The van der Waals surface area contributed by atoms with Gasteiger partial charge in [0.1, 0.15) is 6.61 Å². The first-order chi connectivity index (χ1) is 12.4. The SMILES string of the molecule is C=Cc1ccc(-c2ccccc2/C=C/COC(=O)C2C(C)C2(C)C)cc1. The monoisotopic (exact) mass is 346 g/mol. The van der Waals surface area contributed by atoms with E-state index >= 15 is 0 Å². The van der Waals surface area contributed by atoms with Gasteiger partial charge < -0.3 is 4.74 Å². The fourth-order valence-corrected chi connectivity index (χ4v) is 3.50. The van der Waals surface area contributed by atoms with Crippen LogP contribution in [0.3, 0.4) is 0 Å². The van der Waals surface area contributed by atoms with Crippen LogP contribution in [0, 0.1) is 17.3 Å². The number of ether oxygens (including phenoxy) is 1. The van der Waals surface area contributed by atoms with Gasteiger partial charge in [-0.2, -0.15) is 0 Å². The molecule has 0 heterocycles. The van der Waals surface area contributed by atoms with Crippen LogP contribution in [0.2, 0.25) is 0 Å². The number of benzene rings is 2. The van der Waals surface area contributed by atoms with Crippen molar-refractivity contribution in [2.45, 2.75) is 20.8 Å². The summed E-state index contributed by atoms with van der Waals surface area (Å²) >= 11 is 0. The largest absolute Gasteiger partial charge is 0.461 e. The molecule has 0 N–H and O–H groups in total. The van der Waals surface area contributed by atoms with Crippen molar-refractivity contribution < 1.29 is 9.53 Å². The molecule has 134 valence electrons. The molecule has 2 aromatic carbocycles. The second-order valence-corrected chi connectivity index (χ2v) is 7.53. The highest BCUT2D eigenvalue weighted by molar-refractivity contribution is 5.78. The minimum Gasteiger partial charge on any atom is -0.461 e. The van der Waals surface area contributed by atoms with E-state index < -0.39 is 0 Å². The summed E-state index contributed by atoms with van der Waals surface area (Å²) in [4.78, 5) is 12.1. The van der Waals surface area contributed by atoms with Crippen molar-refractivity contribution in [2.24, 2.45) is 17.3 Å². The van der Waals surface area contributed by atoms with Crippen molar-refractivity contribution in [3.05, 3.63) is 72.3 Å². The molecule has 3 rings (SSSR count). The van der Waals surface area contributed by atoms with E-state index in [2.05, 4.69) is 63.7 Å². The number of carbonyl (C=O) groups excluding carboxylic acids is 1. The molecule has 0 saturated heterocycles. The van der Waals surface area contributed by atoms with Crippen molar-refractivity contribution in [1.29, 1.82) is 0 Å². The summed E-state index contributed by atoms with van der Waals surface area (Å²) in [6.07, 6.45) is 5.77. The Bertz CT molecular complexity index is 828. The van der Waals surface area contributed by atoms with Crippen LogP contribution in [0.15, 0.2) is 61.2 Å². The number of hydrogen-bond acceptors (Lipinski definition) is 2. The first-order valence-electron chi connectivity index (χ1n) is 9.10. The first kappa shape index (κ1) is 18.2. The number of esters is 1. The van der Waals surface area contributed by atoms with Gasteiger partial charge in [0.25, 0.3) is 0 Å². The van der Waals surface area contributed by atoms with Crippen LogP contribution in [0.5, 0.6) is 0 Å². The Hall–Kier alpha value is -2.61. The van der Waals surface area contributed by atoms with Gasteiger partial charge in [-0.25, -0.2) is 0 Å². The quantitative estimate of drug-likeness (QED) is 0.614. The molecular formula is C24H26O2. The van der Waals surface area contributed by atoms with Gasteiger partial charge in [-0.1, -0.05) is 88.0 Å². The zero-order chi connectivity index (χ0) is 18.7. The van der Waals surface area contributed by atoms with Crippen LogP contribution >= 0.6 is 0 Å². The van der Waals surface area contributed by atoms with Gasteiger partial charge in [-0.05, 0) is 39.7 Å². The summed E-state index contributed by atoms with van der Waals surface area (Å²) in [5.41, 5.74) is 4.59. The molecule has 2 nitrogen and oxygen atoms in total. The summed E-state index contributed by atoms with van der Waals surface area (Å²) in [5, 5.41) is 0. The molecule has 1 fully saturated rings. The fourth-order valence-electron chi connectivity index (χ4n) is 3.50. The van der Waals surface area contributed by atoms with Gasteiger partial charge in [0, 0.05) is 0 Å². The number of hydrogen-bond donors (Lipinski definition) is 0. The smallest absolute Gasteiger partial charge is 0.310 e. The van der Waals surface area contributed by atoms with Crippen LogP contribution in [-0.4, -0.2) is 12.6 Å². The average molecular weight is 346 g/mol. The van der Waals surface area contributed by atoms with E-state index in [1.54, 1.807) is 0 Å². The summed E-state index contributed by atoms with van der Waals surface area (Å²) < 4.78 is 5.43. The van der Waals surface area contributed by atoms with E-state index in [-0.39, 0.29) is 17.3 Å². The van der Waals surface area contributed by atoms with E-state index in [1.165, 1.54) is 0 Å². The maximum absolute atomic E-state index is 12.1. The van der Waals surface area contributed by atoms with Crippen molar-refractivity contribution in [1.82, 2.24) is 0 Å². The maximum atomic E-state index is 12.1. The van der Waals surface area contributed by atoms with E-state index in [1.807, 2.05) is 30.4 Å². The molecular weight excluding hydrogens is 320 g/mol. The predicted molar refractivity (Wildman–Crippen MR) is 108 cm³/mol. The molecule has 2 unspecified atom stereocenters. The van der Waals surface area contributed by atoms with Crippen molar-refractivity contribution in [3.8, 4) is 11.1 Å². The zero-order valence-corrected chi connectivity index (χ0v) is 15.7. The Morgan fingerprint density at radius 3 is 2.42 bits per heavy atom. The highest BCUT2D eigenvalue weighted by Gasteiger charge is 2.59.